The number of hydrogen-bond acceptors (Lipinski definition) is 0. The summed E-state index contributed by atoms with van der Waals surface area (Å²) in [4.78, 5) is 0. The molecule has 440 valence electrons. The van der Waals surface area contributed by atoms with Crippen molar-refractivity contribution in [3.8, 4) is 0 Å². The van der Waals surface area contributed by atoms with Crippen LogP contribution >= 0.6 is 0 Å². The highest BCUT2D eigenvalue weighted by molar-refractivity contribution is 4.58. The molecule has 1 nitrogen and oxygen atoms in total. The minimum atomic E-state index is 1.37. The average molecular weight is 1030 g/mol. The Morgan fingerprint density at radius 1 is 0.110 bits per heavy atom. The van der Waals surface area contributed by atoms with Crippen molar-refractivity contribution >= 4 is 0 Å². The minimum absolute atomic E-state index is 1.37. The van der Waals surface area contributed by atoms with Gasteiger partial charge in [0.05, 0.1) is 26.2 Å². The fraction of sp³-hybridized carbons (Fsp3) is 1.00. The van der Waals surface area contributed by atoms with Crippen molar-refractivity contribution in [1.82, 2.24) is 0 Å². The Balaban J connectivity index is 4.96. The maximum absolute atomic E-state index is 2.33. The molecule has 1 heteroatoms. The van der Waals surface area contributed by atoms with Gasteiger partial charge >= 0.3 is 0 Å². The third-order valence-corrected chi connectivity index (χ3v) is 17.9. The van der Waals surface area contributed by atoms with Crippen molar-refractivity contribution in [2.24, 2.45) is 0 Å². The Morgan fingerprint density at radius 2 is 0.192 bits per heavy atom. The predicted molar refractivity (Wildman–Crippen MR) is 338 cm³/mol. The molecule has 73 heavy (non-hydrogen) atoms. The second-order valence-corrected chi connectivity index (χ2v) is 25.4. The predicted octanol–water partition coefficient (Wildman–Crippen LogP) is 26.8. The van der Waals surface area contributed by atoms with Crippen molar-refractivity contribution < 1.29 is 4.48 Å². The summed E-state index contributed by atoms with van der Waals surface area (Å²) in [6, 6.07) is 0. The van der Waals surface area contributed by atoms with Gasteiger partial charge in [-0.3, -0.25) is 0 Å². The quantitative estimate of drug-likeness (QED) is 0.0421. The molecular formula is C72H148N+. The van der Waals surface area contributed by atoms with Gasteiger partial charge in [-0.2, -0.15) is 0 Å². The SMILES string of the molecule is CCCCCCCCCCCCCCCCCC[N+](CCCCCCCCCCCCCCCCCC)(CCCCCCCCCCCCCCCCCC)CCCCCCCCCCCCCCCCCC. The lowest BCUT2D eigenvalue weighted by atomic mass is 10.0. The molecular weight excluding hydrogens is 879 g/mol. The number of unbranched alkanes of at least 4 members (excludes halogenated alkanes) is 60. The van der Waals surface area contributed by atoms with E-state index in [0.29, 0.717) is 0 Å². The van der Waals surface area contributed by atoms with E-state index in [-0.39, 0.29) is 0 Å². The smallest absolute Gasteiger partial charge is 0.0786 e. The number of quaternary nitrogens is 1. The fourth-order valence-electron chi connectivity index (χ4n) is 12.7. The van der Waals surface area contributed by atoms with Gasteiger partial charge < -0.3 is 4.48 Å². The first-order valence-corrected chi connectivity index (χ1v) is 36.1. The van der Waals surface area contributed by atoms with Crippen LogP contribution in [0.25, 0.3) is 0 Å². The van der Waals surface area contributed by atoms with E-state index in [1.165, 1.54) is 442 Å². The lowest BCUT2D eigenvalue weighted by molar-refractivity contribution is -0.929. The van der Waals surface area contributed by atoms with Gasteiger partial charge in [0.15, 0.2) is 0 Å². The van der Waals surface area contributed by atoms with E-state index in [2.05, 4.69) is 27.7 Å². The molecule has 0 fully saturated rings. The average Bonchev–Trinajstić information content (AvgIpc) is 3.40. The topological polar surface area (TPSA) is 0 Å². The fourth-order valence-corrected chi connectivity index (χ4v) is 12.7. The first kappa shape index (κ1) is 73.0. The highest BCUT2D eigenvalue weighted by Crippen LogP contribution is 2.23. The molecule has 0 heterocycles. The Morgan fingerprint density at radius 3 is 0.288 bits per heavy atom. The second kappa shape index (κ2) is 66.2. The summed E-state index contributed by atoms with van der Waals surface area (Å²) in [7, 11) is 0. The molecule has 0 N–H and O–H groups in total. The van der Waals surface area contributed by atoms with Crippen LogP contribution < -0.4 is 0 Å². The van der Waals surface area contributed by atoms with Gasteiger partial charge in [-0.1, -0.05) is 387 Å². The van der Waals surface area contributed by atoms with Gasteiger partial charge in [0.1, 0.15) is 0 Å². The molecule has 0 aromatic rings. The van der Waals surface area contributed by atoms with Crippen LogP contribution in [0.4, 0.5) is 0 Å². The lowest BCUT2D eigenvalue weighted by Gasteiger charge is -2.40. The Hall–Kier alpha value is -0.0400. The van der Waals surface area contributed by atoms with E-state index in [4.69, 9.17) is 0 Å². The van der Waals surface area contributed by atoms with E-state index in [9.17, 15) is 0 Å². The van der Waals surface area contributed by atoms with Crippen molar-refractivity contribution in [1.29, 1.82) is 0 Å². The van der Waals surface area contributed by atoms with Gasteiger partial charge in [0, 0.05) is 0 Å². The molecule has 0 aliphatic carbocycles. The van der Waals surface area contributed by atoms with Crippen molar-refractivity contribution in [3.05, 3.63) is 0 Å². The van der Waals surface area contributed by atoms with Crippen molar-refractivity contribution in [3.63, 3.8) is 0 Å². The van der Waals surface area contributed by atoms with E-state index in [1.54, 1.807) is 0 Å². The van der Waals surface area contributed by atoms with Crippen LogP contribution in [0, 0.1) is 0 Å². The molecule has 0 aromatic heterocycles. The first-order valence-electron chi connectivity index (χ1n) is 36.1. The summed E-state index contributed by atoms with van der Waals surface area (Å²) < 4.78 is 1.49. The van der Waals surface area contributed by atoms with Gasteiger partial charge in [-0.25, -0.2) is 0 Å². The molecule has 0 aromatic carbocycles. The third-order valence-electron chi connectivity index (χ3n) is 17.9. The Labute approximate surface area is 467 Å². The molecule has 0 rings (SSSR count). The summed E-state index contributed by atoms with van der Waals surface area (Å²) in [5.41, 5.74) is 0. The van der Waals surface area contributed by atoms with Crippen LogP contribution in [-0.2, 0) is 0 Å². The standard InChI is InChI=1S/C72H148N/c1-5-9-13-17-21-25-29-33-37-41-45-49-53-57-61-65-69-73(70-66-62-58-54-50-46-42-38-34-30-26-22-18-14-10-6-2,71-67-63-59-55-51-47-43-39-35-31-27-23-19-15-11-7-3)72-68-64-60-56-52-48-44-40-36-32-28-24-20-16-12-8-4/h5-72H2,1-4H3/q+1. The molecule has 0 aliphatic rings. The molecule has 0 atom stereocenters. The monoisotopic (exact) mass is 1030 g/mol. The van der Waals surface area contributed by atoms with Gasteiger partial charge in [0.2, 0.25) is 0 Å². The van der Waals surface area contributed by atoms with Crippen molar-refractivity contribution in [2.45, 2.75) is 439 Å². The first-order chi connectivity index (χ1) is 36.2. The molecule has 0 unspecified atom stereocenters. The number of rotatable bonds is 68. The molecule has 0 spiro atoms. The van der Waals surface area contributed by atoms with Crippen LogP contribution in [0.3, 0.4) is 0 Å². The third kappa shape index (κ3) is 61.0. The summed E-state index contributed by atoms with van der Waals surface area (Å²) >= 11 is 0. The molecule has 0 saturated carbocycles. The maximum atomic E-state index is 2.33. The molecule has 0 amide bonds. The van der Waals surface area contributed by atoms with Crippen molar-refractivity contribution in [2.75, 3.05) is 26.2 Å². The summed E-state index contributed by atoms with van der Waals surface area (Å²) in [6.45, 7) is 15.3. The highest BCUT2D eigenvalue weighted by atomic mass is 15.3. The van der Waals surface area contributed by atoms with Crippen LogP contribution in [-0.4, -0.2) is 30.7 Å². The largest absolute Gasteiger partial charge is 0.324 e. The molecule has 0 bridgehead atoms. The Bertz CT molecular complexity index is 775. The molecule has 0 radical (unpaired) electrons. The summed E-state index contributed by atoms with van der Waals surface area (Å²) in [6.07, 6.45) is 94.7. The molecule has 0 aliphatic heterocycles. The maximum Gasteiger partial charge on any atom is 0.0786 e. The zero-order valence-corrected chi connectivity index (χ0v) is 52.5. The van der Waals surface area contributed by atoms with E-state index >= 15 is 0 Å². The van der Waals surface area contributed by atoms with E-state index < -0.39 is 0 Å². The zero-order chi connectivity index (χ0) is 52.6. The second-order valence-electron chi connectivity index (χ2n) is 25.4. The van der Waals surface area contributed by atoms with E-state index in [0.717, 1.165) is 0 Å². The van der Waals surface area contributed by atoms with Crippen LogP contribution in [0.1, 0.15) is 439 Å². The number of nitrogens with zero attached hydrogens (tertiary/aromatic N) is 1. The number of hydrogen-bond donors (Lipinski definition) is 0. The van der Waals surface area contributed by atoms with Crippen LogP contribution in [0.15, 0.2) is 0 Å². The minimum Gasteiger partial charge on any atom is -0.324 e. The van der Waals surface area contributed by atoms with Gasteiger partial charge in [-0.15, -0.1) is 0 Å². The van der Waals surface area contributed by atoms with E-state index in [1.807, 2.05) is 0 Å². The summed E-state index contributed by atoms with van der Waals surface area (Å²) in [5.74, 6) is 0. The summed E-state index contributed by atoms with van der Waals surface area (Å²) in [5, 5.41) is 0. The normalized spacial score (nSPS) is 12.0. The van der Waals surface area contributed by atoms with Gasteiger partial charge in [0.25, 0.3) is 0 Å². The van der Waals surface area contributed by atoms with Crippen LogP contribution in [0.2, 0.25) is 0 Å². The zero-order valence-electron chi connectivity index (χ0n) is 52.5. The lowest BCUT2D eigenvalue weighted by Crippen LogP contribution is -2.50. The Kier molecular flexibility index (Phi) is 66.2. The molecule has 0 saturated heterocycles. The van der Waals surface area contributed by atoms with Crippen LogP contribution in [0.5, 0.6) is 0 Å². The highest BCUT2D eigenvalue weighted by Gasteiger charge is 2.26. The van der Waals surface area contributed by atoms with Gasteiger partial charge in [-0.05, 0) is 51.4 Å².